The second-order valence-electron chi connectivity index (χ2n) is 3.95. The number of piperazine rings is 1. The molecule has 1 aliphatic rings. The monoisotopic (exact) mass is 250 g/mol. The highest BCUT2D eigenvalue weighted by atomic mass is 32.2. The average Bonchev–Trinajstić information content (AvgIpc) is 2.16. The third-order valence-corrected chi connectivity index (χ3v) is 4.70. The molecule has 0 amide bonds. The molecule has 0 aromatic carbocycles. The Bertz CT molecular complexity index is 355. The molecule has 0 radical (unpaired) electrons. The number of hydrogen-bond donors (Lipinski definition) is 2. The standard InChI is InChI=1S/C9H18N2O4S/c1-3-6-16(14,15)11-5-4-10-7(2)8(11)9(12)13/h7-8,10H,3-6H2,1-2H3,(H,12,13). The van der Waals surface area contributed by atoms with Gasteiger partial charge in [0, 0.05) is 19.1 Å². The number of nitrogens with one attached hydrogen (secondary N) is 1. The predicted octanol–water partition coefficient (Wildman–Crippen LogP) is -0.527. The van der Waals surface area contributed by atoms with Gasteiger partial charge in [0.1, 0.15) is 6.04 Å². The molecule has 0 saturated carbocycles. The van der Waals surface area contributed by atoms with Crippen LogP contribution in [-0.4, -0.2) is 54.7 Å². The summed E-state index contributed by atoms with van der Waals surface area (Å²) in [5, 5.41) is 12.0. The molecule has 2 N–H and O–H groups in total. The zero-order chi connectivity index (χ0) is 12.3. The first-order valence-electron chi connectivity index (χ1n) is 5.36. The first-order chi connectivity index (χ1) is 7.40. The van der Waals surface area contributed by atoms with Gasteiger partial charge in [0.25, 0.3) is 0 Å². The maximum absolute atomic E-state index is 11.9. The van der Waals surface area contributed by atoms with E-state index >= 15 is 0 Å². The molecular weight excluding hydrogens is 232 g/mol. The summed E-state index contributed by atoms with van der Waals surface area (Å²) in [6.07, 6.45) is 0.493. The number of carbonyl (C=O) groups is 1. The van der Waals surface area contributed by atoms with Gasteiger partial charge in [0.2, 0.25) is 10.0 Å². The maximum Gasteiger partial charge on any atom is 0.323 e. The lowest BCUT2D eigenvalue weighted by atomic mass is 10.1. The van der Waals surface area contributed by atoms with E-state index in [-0.39, 0.29) is 18.3 Å². The van der Waals surface area contributed by atoms with Crippen LogP contribution in [0.2, 0.25) is 0 Å². The van der Waals surface area contributed by atoms with Crippen molar-refractivity contribution in [2.24, 2.45) is 0 Å². The lowest BCUT2D eigenvalue weighted by molar-refractivity contribution is -0.143. The minimum absolute atomic E-state index is 0.00347. The zero-order valence-corrected chi connectivity index (χ0v) is 10.3. The lowest BCUT2D eigenvalue weighted by Gasteiger charge is -2.36. The molecule has 1 saturated heterocycles. The van der Waals surface area contributed by atoms with Crippen molar-refractivity contribution >= 4 is 16.0 Å². The molecule has 0 bridgehead atoms. The third-order valence-electron chi connectivity index (χ3n) is 2.65. The molecular formula is C9H18N2O4S. The summed E-state index contributed by atoms with van der Waals surface area (Å²) >= 11 is 0. The van der Waals surface area contributed by atoms with Crippen molar-refractivity contribution in [2.45, 2.75) is 32.4 Å². The molecule has 6 nitrogen and oxygen atoms in total. The number of carboxylic acid groups (broad SMARTS) is 1. The summed E-state index contributed by atoms with van der Waals surface area (Å²) in [7, 11) is -3.45. The van der Waals surface area contributed by atoms with E-state index < -0.39 is 22.0 Å². The van der Waals surface area contributed by atoms with E-state index in [1.807, 2.05) is 0 Å². The molecule has 0 aliphatic carbocycles. The summed E-state index contributed by atoms with van der Waals surface area (Å²) < 4.78 is 24.9. The summed E-state index contributed by atoms with van der Waals surface area (Å²) in [4.78, 5) is 11.1. The van der Waals surface area contributed by atoms with Crippen LogP contribution in [0.1, 0.15) is 20.3 Å². The van der Waals surface area contributed by atoms with Crippen LogP contribution in [0.25, 0.3) is 0 Å². The van der Waals surface area contributed by atoms with Gasteiger partial charge in [-0.2, -0.15) is 4.31 Å². The number of carboxylic acids is 1. The molecule has 0 spiro atoms. The Morgan fingerprint density at radius 3 is 2.69 bits per heavy atom. The normalized spacial score (nSPS) is 27.9. The van der Waals surface area contributed by atoms with Crippen molar-refractivity contribution in [1.29, 1.82) is 0 Å². The molecule has 1 fully saturated rings. The van der Waals surface area contributed by atoms with Crippen LogP contribution in [-0.2, 0) is 14.8 Å². The van der Waals surface area contributed by atoms with Crippen molar-refractivity contribution in [1.82, 2.24) is 9.62 Å². The number of sulfonamides is 1. The Labute approximate surface area is 95.7 Å². The van der Waals surface area contributed by atoms with Crippen molar-refractivity contribution < 1.29 is 18.3 Å². The highest BCUT2D eigenvalue weighted by Crippen LogP contribution is 2.15. The number of hydrogen-bond acceptors (Lipinski definition) is 4. The Kier molecular flexibility index (Phi) is 4.28. The van der Waals surface area contributed by atoms with Gasteiger partial charge in [0.15, 0.2) is 0 Å². The Balaban J connectivity index is 2.96. The highest BCUT2D eigenvalue weighted by Gasteiger charge is 2.40. The molecule has 1 rings (SSSR count). The first kappa shape index (κ1) is 13.4. The van der Waals surface area contributed by atoms with Gasteiger partial charge >= 0.3 is 5.97 Å². The number of aliphatic carboxylic acids is 1. The van der Waals surface area contributed by atoms with Gasteiger partial charge in [-0.25, -0.2) is 8.42 Å². The van der Waals surface area contributed by atoms with Crippen molar-refractivity contribution in [2.75, 3.05) is 18.8 Å². The fraction of sp³-hybridized carbons (Fsp3) is 0.889. The van der Waals surface area contributed by atoms with Crippen LogP contribution in [0.15, 0.2) is 0 Å². The van der Waals surface area contributed by atoms with Crippen LogP contribution < -0.4 is 5.32 Å². The lowest BCUT2D eigenvalue weighted by Crippen LogP contribution is -2.61. The molecule has 0 aromatic heterocycles. The van der Waals surface area contributed by atoms with Crippen LogP contribution >= 0.6 is 0 Å². The summed E-state index contributed by atoms with van der Waals surface area (Å²) in [5.41, 5.74) is 0. The van der Waals surface area contributed by atoms with E-state index in [1.165, 1.54) is 0 Å². The van der Waals surface area contributed by atoms with Crippen molar-refractivity contribution in [3.05, 3.63) is 0 Å². The Hall–Kier alpha value is -0.660. The molecule has 2 atom stereocenters. The van der Waals surface area contributed by atoms with E-state index in [9.17, 15) is 13.2 Å². The fourth-order valence-electron chi connectivity index (χ4n) is 1.93. The average molecular weight is 250 g/mol. The van der Waals surface area contributed by atoms with Gasteiger partial charge in [-0.1, -0.05) is 6.92 Å². The smallest absolute Gasteiger partial charge is 0.323 e. The minimum atomic E-state index is -3.45. The van der Waals surface area contributed by atoms with Gasteiger partial charge in [-0.15, -0.1) is 0 Å². The largest absolute Gasteiger partial charge is 0.480 e. The number of rotatable bonds is 4. The minimum Gasteiger partial charge on any atom is -0.480 e. The highest BCUT2D eigenvalue weighted by molar-refractivity contribution is 7.89. The second kappa shape index (κ2) is 5.11. The van der Waals surface area contributed by atoms with Gasteiger partial charge in [-0.3, -0.25) is 4.79 Å². The van der Waals surface area contributed by atoms with Gasteiger partial charge in [-0.05, 0) is 13.3 Å². The summed E-state index contributed by atoms with van der Waals surface area (Å²) in [6.45, 7) is 4.17. The summed E-state index contributed by atoms with van der Waals surface area (Å²) in [6, 6.07) is -1.36. The van der Waals surface area contributed by atoms with Gasteiger partial charge in [0.05, 0.1) is 5.75 Å². The van der Waals surface area contributed by atoms with E-state index in [4.69, 9.17) is 5.11 Å². The quantitative estimate of drug-likeness (QED) is 0.700. The van der Waals surface area contributed by atoms with Crippen molar-refractivity contribution in [3.63, 3.8) is 0 Å². The van der Waals surface area contributed by atoms with E-state index in [2.05, 4.69) is 5.32 Å². The first-order valence-corrected chi connectivity index (χ1v) is 6.96. The van der Waals surface area contributed by atoms with Crippen molar-refractivity contribution in [3.8, 4) is 0 Å². The van der Waals surface area contributed by atoms with Crippen LogP contribution in [0, 0.1) is 0 Å². The molecule has 2 unspecified atom stereocenters. The topological polar surface area (TPSA) is 86.7 Å². The molecule has 7 heteroatoms. The Morgan fingerprint density at radius 2 is 2.19 bits per heavy atom. The second-order valence-corrected chi connectivity index (χ2v) is 5.99. The van der Waals surface area contributed by atoms with E-state index in [1.54, 1.807) is 13.8 Å². The van der Waals surface area contributed by atoms with E-state index in [0.717, 1.165) is 4.31 Å². The molecule has 94 valence electrons. The number of nitrogens with zero attached hydrogens (tertiary/aromatic N) is 1. The Morgan fingerprint density at radius 1 is 1.56 bits per heavy atom. The SMILES string of the molecule is CCCS(=O)(=O)N1CCNC(C)C1C(=O)O. The van der Waals surface area contributed by atoms with Crippen LogP contribution in [0.4, 0.5) is 0 Å². The zero-order valence-electron chi connectivity index (χ0n) is 9.51. The summed E-state index contributed by atoms with van der Waals surface area (Å²) in [5.74, 6) is -1.09. The molecule has 16 heavy (non-hydrogen) atoms. The molecule has 1 heterocycles. The maximum atomic E-state index is 11.9. The predicted molar refractivity (Wildman–Crippen MR) is 59.7 cm³/mol. The van der Waals surface area contributed by atoms with Gasteiger partial charge < -0.3 is 10.4 Å². The molecule has 1 aliphatic heterocycles. The fourth-order valence-corrected chi connectivity index (χ4v) is 3.67. The van der Waals surface area contributed by atoms with Crippen LogP contribution in [0.3, 0.4) is 0 Å². The van der Waals surface area contributed by atoms with Crippen LogP contribution in [0.5, 0.6) is 0 Å². The third kappa shape index (κ3) is 2.72. The molecule has 0 aromatic rings. The van der Waals surface area contributed by atoms with E-state index in [0.29, 0.717) is 13.0 Å².